The van der Waals surface area contributed by atoms with Crippen molar-refractivity contribution in [1.29, 1.82) is 0 Å². The first-order chi connectivity index (χ1) is 20.2. The Kier molecular flexibility index (Phi) is 10.4. The summed E-state index contributed by atoms with van der Waals surface area (Å²) in [5.41, 5.74) is 0.333. The van der Waals surface area contributed by atoms with Crippen molar-refractivity contribution in [3.05, 3.63) is 77.1 Å². The van der Waals surface area contributed by atoms with Crippen molar-refractivity contribution in [3.63, 3.8) is 0 Å². The summed E-state index contributed by atoms with van der Waals surface area (Å²) in [4.78, 5) is 38.1. The first-order valence-electron chi connectivity index (χ1n) is 12.8. The molecule has 3 aromatic rings. The van der Waals surface area contributed by atoms with E-state index in [-0.39, 0.29) is 17.1 Å². The largest absolute Gasteiger partial charge is 0.465 e. The van der Waals surface area contributed by atoms with Gasteiger partial charge >= 0.3 is 37.9 Å². The fourth-order valence-corrected chi connectivity index (χ4v) is 6.39. The highest BCUT2D eigenvalue weighted by Gasteiger charge is 2.38. The highest BCUT2D eigenvalue weighted by molar-refractivity contribution is 7.90. The summed E-state index contributed by atoms with van der Waals surface area (Å²) in [6.45, 7) is 6.59. The number of anilines is 1. The van der Waals surface area contributed by atoms with Gasteiger partial charge in [-0.25, -0.2) is 24.9 Å². The minimum absolute atomic E-state index is 0.175. The van der Waals surface area contributed by atoms with E-state index in [1.807, 2.05) is 0 Å². The summed E-state index contributed by atoms with van der Waals surface area (Å²) < 4.78 is 68.0. The van der Waals surface area contributed by atoms with Crippen LogP contribution in [0.5, 0.6) is 0 Å². The molecule has 0 aliphatic rings. The molecule has 16 heteroatoms. The molecule has 14 nitrogen and oxygen atoms in total. The summed E-state index contributed by atoms with van der Waals surface area (Å²) in [7, 11) is -7.44. The lowest BCUT2D eigenvalue weighted by molar-refractivity contribution is -0.689. The molecule has 0 aliphatic heterocycles. The summed E-state index contributed by atoms with van der Waals surface area (Å²) in [6, 6.07) is 12.0. The van der Waals surface area contributed by atoms with E-state index in [9.17, 15) is 26.4 Å². The zero-order chi connectivity index (χ0) is 31.9. The van der Waals surface area contributed by atoms with Gasteiger partial charge in [-0.15, -0.1) is 0 Å². The van der Waals surface area contributed by atoms with E-state index in [4.69, 9.17) is 14.3 Å². The van der Waals surface area contributed by atoms with E-state index in [0.717, 1.165) is 26.4 Å². The zero-order valence-corrected chi connectivity index (χ0v) is 25.9. The van der Waals surface area contributed by atoms with Crippen molar-refractivity contribution >= 4 is 43.9 Å². The normalized spacial score (nSPS) is 12.9. The van der Waals surface area contributed by atoms with Gasteiger partial charge in [-0.1, -0.05) is 31.2 Å². The van der Waals surface area contributed by atoms with Crippen LogP contribution in [0.3, 0.4) is 0 Å². The third-order valence-corrected chi connectivity index (χ3v) is 8.86. The molecule has 1 atom stereocenters. The average molecular weight is 635 g/mol. The number of hydrogen-bond acceptors (Lipinski definition) is 11. The molecule has 2 aromatic carbocycles. The van der Waals surface area contributed by atoms with Crippen LogP contribution in [-0.4, -0.2) is 69.2 Å². The van der Waals surface area contributed by atoms with Gasteiger partial charge in [-0.05, 0) is 57.5 Å². The van der Waals surface area contributed by atoms with E-state index in [2.05, 4.69) is 20.0 Å². The average Bonchev–Trinajstić information content (AvgIpc) is 2.97. The predicted molar refractivity (Wildman–Crippen MR) is 154 cm³/mol. The molecule has 0 aliphatic carbocycles. The standard InChI is InChI=1S/C27H31N5O9S2/c1-7-19(4)41-32(43(37,38)23-15-11-9-13-21(23)25(34)40-6)27(30-26-28-17(2)16-18(3)29-26)31-42(35,36)22-14-10-8-12-20(22)24(33)39-5/h8-16,19H,7H2,1-6H3,(H,28,29,30,31)/p+1. The quantitative estimate of drug-likeness (QED) is 0.109. The second kappa shape index (κ2) is 13.6. The lowest BCUT2D eigenvalue weighted by Gasteiger charge is -2.18. The van der Waals surface area contributed by atoms with Gasteiger partial charge in [-0.2, -0.15) is 21.6 Å². The lowest BCUT2D eigenvalue weighted by atomic mass is 10.2. The van der Waals surface area contributed by atoms with E-state index in [0.29, 0.717) is 22.0 Å². The van der Waals surface area contributed by atoms with Crippen LogP contribution < -0.4 is 10.0 Å². The topological polar surface area (TPSA) is 183 Å². The van der Waals surface area contributed by atoms with Gasteiger partial charge in [-0.3, -0.25) is 0 Å². The molecule has 0 spiro atoms. The van der Waals surface area contributed by atoms with Crippen molar-refractivity contribution in [2.45, 2.75) is 50.0 Å². The Morgan fingerprint density at radius 2 is 1.35 bits per heavy atom. The van der Waals surface area contributed by atoms with Gasteiger partial charge in [0.1, 0.15) is 15.9 Å². The smallest absolute Gasteiger partial charge is 0.421 e. The molecule has 230 valence electrons. The molecule has 0 fully saturated rings. The van der Waals surface area contributed by atoms with Crippen molar-refractivity contribution in [3.8, 4) is 0 Å². The van der Waals surface area contributed by atoms with Crippen LogP contribution >= 0.6 is 0 Å². The van der Waals surface area contributed by atoms with Gasteiger partial charge in [0, 0.05) is 15.5 Å². The Morgan fingerprint density at radius 1 is 0.860 bits per heavy atom. The maximum Gasteiger partial charge on any atom is 0.421 e. The molecule has 1 unspecified atom stereocenters. The van der Waals surface area contributed by atoms with Gasteiger partial charge in [0.2, 0.25) is 0 Å². The van der Waals surface area contributed by atoms with Gasteiger partial charge < -0.3 is 14.3 Å². The molecule has 0 saturated heterocycles. The Balaban J connectivity index is 2.39. The molecule has 3 rings (SSSR count). The fraction of sp³-hybridized carbons (Fsp3) is 0.296. The maximum atomic E-state index is 14.2. The molecule has 0 saturated carbocycles. The summed E-state index contributed by atoms with van der Waals surface area (Å²) in [5.74, 6) is -2.85. The zero-order valence-electron chi connectivity index (χ0n) is 24.3. The van der Waals surface area contributed by atoms with Crippen molar-refractivity contribution in [1.82, 2.24) is 14.7 Å². The van der Waals surface area contributed by atoms with Gasteiger partial charge in [0.25, 0.3) is 5.95 Å². The number of nitrogens with zero attached hydrogens (tertiary/aromatic N) is 3. The third-order valence-electron chi connectivity index (χ3n) is 5.85. The molecular weight excluding hydrogens is 602 g/mol. The summed E-state index contributed by atoms with van der Waals surface area (Å²) in [6.07, 6.45) is -0.487. The summed E-state index contributed by atoms with van der Waals surface area (Å²) >= 11 is 0. The number of rotatable bonds is 10. The molecule has 0 bridgehead atoms. The van der Waals surface area contributed by atoms with Crippen LogP contribution in [0.15, 0.2) is 64.4 Å². The number of methoxy groups -OCH3 is 2. The van der Waals surface area contributed by atoms with Crippen molar-refractivity contribution in [2.75, 3.05) is 19.5 Å². The van der Waals surface area contributed by atoms with Crippen LogP contribution in [-0.2, 0) is 34.4 Å². The number of guanidine groups is 1. The molecular formula is C27H32N5O9S2+. The van der Waals surface area contributed by atoms with Crippen LogP contribution in [0, 0.1) is 13.8 Å². The number of esters is 2. The number of benzene rings is 2. The Labute approximate surface area is 249 Å². The Morgan fingerprint density at radius 3 is 1.86 bits per heavy atom. The van der Waals surface area contributed by atoms with Gasteiger partial charge in [0.05, 0.1) is 25.3 Å². The monoisotopic (exact) mass is 634 g/mol. The first kappa shape index (κ1) is 32.9. The predicted octanol–water partition coefficient (Wildman–Crippen LogP) is 2.54. The minimum Gasteiger partial charge on any atom is -0.465 e. The summed E-state index contributed by atoms with van der Waals surface area (Å²) in [5, 5.41) is 2.61. The number of hydrogen-bond donors (Lipinski definition) is 2. The van der Waals surface area contributed by atoms with E-state index >= 15 is 0 Å². The number of carbonyl (C=O) groups is 2. The van der Waals surface area contributed by atoms with E-state index in [1.54, 1.807) is 33.8 Å². The second-order valence-electron chi connectivity index (χ2n) is 9.09. The van der Waals surface area contributed by atoms with Crippen LogP contribution in [0.1, 0.15) is 52.4 Å². The number of nitrogens with one attached hydrogen (secondary N) is 2. The molecule has 1 heterocycles. The Hall–Kier alpha value is -4.57. The molecule has 1 aromatic heterocycles. The van der Waals surface area contributed by atoms with Gasteiger partial charge in [0.15, 0.2) is 0 Å². The second-order valence-corrected chi connectivity index (χ2v) is 12.5. The molecule has 0 radical (unpaired) electrons. The van der Waals surface area contributed by atoms with Crippen LogP contribution in [0.2, 0.25) is 0 Å². The van der Waals surface area contributed by atoms with Crippen molar-refractivity contribution < 1.29 is 44.9 Å². The number of aromatic nitrogens is 2. The highest BCUT2D eigenvalue weighted by atomic mass is 32.2. The molecule has 2 N–H and O–H groups in total. The molecule has 43 heavy (non-hydrogen) atoms. The van der Waals surface area contributed by atoms with Crippen LogP contribution in [0.25, 0.3) is 0 Å². The van der Waals surface area contributed by atoms with E-state index in [1.165, 1.54) is 36.4 Å². The third kappa shape index (κ3) is 7.64. The lowest BCUT2D eigenvalue weighted by Crippen LogP contribution is -2.46. The number of aryl methyl sites for hydroxylation is 2. The number of ether oxygens (including phenoxy) is 2. The minimum atomic E-state index is -4.88. The number of sulfonamides is 2. The van der Waals surface area contributed by atoms with Crippen LogP contribution in [0.4, 0.5) is 5.95 Å². The highest BCUT2D eigenvalue weighted by Crippen LogP contribution is 2.22. The molecule has 0 amide bonds. The first-order valence-corrected chi connectivity index (χ1v) is 15.7. The SMILES string of the molecule is CCC(C)O[N+](=C(Nc1nc(C)cc(C)n1)NS(=O)(=O)c1ccccc1C(=O)OC)S(=O)(=O)c1ccccc1C(=O)OC. The fourth-order valence-electron chi connectivity index (χ4n) is 3.68. The maximum absolute atomic E-state index is 14.2. The Bertz CT molecular complexity index is 1750. The van der Waals surface area contributed by atoms with Crippen molar-refractivity contribution in [2.24, 2.45) is 0 Å². The number of carbonyl (C=O) groups excluding carboxylic acids is 2. The van der Waals surface area contributed by atoms with E-state index < -0.39 is 53.8 Å².